The van der Waals surface area contributed by atoms with Crippen LogP contribution in [0, 0.1) is 0 Å². The summed E-state index contributed by atoms with van der Waals surface area (Å²) in [5.41, 5.74) is 2.23. The summed E-state index contributed by atoms with van der Waals surface area (Å²) in [6.07, 6.45) is 5.75. The van der Waals surface area contributed by atoms with Crippen LogP contribution in [-0.2, 0) is 0 Å². The molecule has 0 aliphatic heterocycles. The minimum atomic E-state index is 1.07. The average molecular weight is 222 g/mol. The van der Waals surface area contributed by atoms with E-state index >= 15 is 0 Å². The zero-order chi connectivity index (χ0) is 11.5. The average Bonchev–Trinajstić information content (AvgIpc) is 2.90. The molecule has 2 aromatic heterocycles. The standard InChI is InChI=1S/C14H12N3/c1-3-7-13(8-4-1)14-9-10-15-17(14)16-11-5-2-6-12-16/h1-12H/q+1. The monoisotopic (exact) mass is 222 g/mol. The molecule has 3 aromatic rings. The third-order valence-electron chi connectivity index (χ3n) is 2.61. The van der Waals surface area contributed by atoms with Crippen LogP contribution < -0.4 is 4.68 Å². The maximum Gasteiger partial charge on any atom is 0.168 e. The molecule has 0 amide bonds. The lowest BCUT2D eigenvalue weighted by molar-refractivity contribution is -0.734. The molecule has 3 nitrogen and oxygen atoms in total. The maximum atomic E-state index is 4.34. The van der Waals surface area contributed by atoms with Crippen molar-refractivity contribution in [3.63, 3.8) is 0 Å². The maximum absolute atomic E-state index is 4.34. The van der Waals surface area contributed by atoms with Crippen LogP contribution in [0.1, 0.15) is 0 Å². The molecular weight excluding hydrogens is 210 g/mol. The van der Waals surface area contributed by atoms with Crippen molar-refractivity contribution in [3.05, 3.63) is 73.2 Å². The minimum Gasteiger partial charge on any atom is -0.132 e. The molecule has 0 N–H and O–H groups in total. The molecule has 0 radical (unpaired) electrons. The molecule has 1 aromatic carbocycles. The van der Waals surface area contributed by atoms with Gasteiger partial charge in [-0.3, -0.25) is 0 Å². The first-order chi connectivity index (χ1) is 8.45. The summed E-state index contributed by atoms with van der Waals surface area (Å²) in [6, 6.07) is 18.2. The van der Waals surface area contributed by atoms with Crippen molar-refractivity contribution < 1.29 is 4.68 Å². The summed E-state index contributed by atoms with van der Waals surface area (Å²) in [6.45, 7) is 0. The van der Waals surface area contributed by atoms with Crippen LogP contribution in [0.25, 0.3) is 11.3 Å². The van der Waals surface area contributed by atoms with Crippen LogP contribution in [-0.4, -0.2) is 9.89 Å². The molecule has 0 bridgehead atoms. The van der Waals surface area contributed by atoms with Gasteiger partial charge in [-0.2, -0.15) is 0 Å². The van der Waals surface area contributed by atoms with Crippen LogP contribution >= 0.6 is 0 Å². The lowest BCUT2D eigenvalue weighted by Gasteiger charge is -2.01. The van der Waals surface area contributed by atoms with E-state index in [1.165, 1.54) is 0 Å². The van der Waals surface area contributed by atoms with Gasteiger partial charge >= 0.3 is 0 Å². The minimum absolute atomic E-state index is 1.07. The summed E-state index contributed by atoms with van der Waals surface area (Å²) in [5.74, 6) is 0. The van der Waals surface area contributed by atoms with Gasteiger partial charge in [-0.05, 0) is 16.9 Å². The van der Waals surface area contributed by atoms with Crippen LogP contribution in [0.15, 0.2) is 73.2 Å². The first-order valence-corrected chi connectivity index (χ1v) is 5.51. The van der Waals surface area contributed by atoms with Gasteiger partial charge in [0.2, 0.25) is 0 Å². The van der Waals surface area contributed by atoms with Gasteiger partial charge in [-0.25, -0.2) is 0 Å². The molecule has 0 unspecified atom stereocenters. The number of benzene rings is 1. The fraction of sp³-hybridized carbons (Fsp3) is 0. The van der Waals surface area contributed by atoms with Gasteiger partial charge in [0, 0.05) is 16.7 Å². The highest BCUT2D eigenvalue weighted by Crippen LogP contribution is 2.16. The lowest BCUT2D eigenvalue weighted by Crippen LogP contribution is -2.42. The number of aromatic nitrogens is 3. The van der Waals surface area contributed by atoms with Crippen LogP contribution in [0.5, 0.6) is 0 Å². The Morgan fingerprint density at radius 1 is 0.824 bits per heavy atom. The van der Waals surface area contributed by atoms with Crippen molar-refractivity contribution in [1.82, 2.24) is 9.89 Å². The van der Waals surface area contributed by atoms with E-state index < -0.39 is 0 Å². The third kappa shape index (κ3) is 1.83. The molecule has 0 aliphatic carbocycles. The summed E-state index contributed by atoms with van der Waals surface area (Å²) in [4.78, 5) is 1.87. The number of hydrogen-bond acceptors (Lipinski definition) is 1. The molecule has 0 saturated heterocycles. The summed E-state index contributed by atoms with van der Waals surface area (Å²) in [5, 5.41) is 4.34. The molecule has 82 valence electrons. The Balaban J connectivity index is 2.13. The molecule has 0 fully saturated rings. The van der Waals surface area contributed by atoms with E-state index in [1.54, 1.807) is 0 Å². The second kappa shape index (κ2) is 4.22. The van der Waals surface area contributed by atoms with E-state index in [0.29, 0.717) is 0 Å². The van der Waals surface area contributed by atoms with Crippen molar-refractivity contribution >= 4 is 0 Å². The number of hydrogen-bond donors (Lipinski definition) is 0. The van der Waals surface area contributed by atoms with Crippen LogP contribution in [0.2, 0.25) is 0 Å². The molecule has 0 aliphatic rings. The predicted octanol–water partition coefficient (Wildman–Crippen LogP) is 2.15. The Hall–Kier alpha value is -2.42. The van der Waals surface area contributed by atoms with Crippen LogP contribution in [0.3, 0.4) is 0 Å². The van der Waals surface area contributed by atoms with Gasteiger partial charge in [0.1, 0.15) is 18.1 Å². The Bertz CT molecular complexity index is 546. The van der Waals surface area contributed by atoms with Gasteiger partial charge < -0.3 is 0 Å². The van der Waals surface area contributed by atoms with E-state index in [-0.39, 0.29) is 0 Å². The highest BCUT2D eigenvalue weighted by atomic mass is 15.6. The van der Waals surface area contributed by atoms with E-state index in [1.807, 2.05) is 70.5 Å². The molecule has 17 heavy (non-hydrogen) atoms. The normalized spacial score (nSPS) is 10.4. The van der Waals surface area contributed by atoms with E-state index in [2.05, 4.69) is 17.2 Å². The van der Waals surface area contributed by atoms with E-state index in [4.69, 9.17) is 0 Å². The summed E-state index contributed by atoms with van der Waals surface area (Å²) >= 11 is 0. The Labute approximate surface area is 99.6 Å². The summed E-state index contributed by atoms with van der Waals surface area (Å²) < 4.78 is 1.95. The van der Waals surface area contributed by atoms with Gasteiger partial charge in [0.05, 0.1) is 0 Å². The van der Waals surface area contributed by atoms with E-state index in [0.717, 1.165) is 11.3 Å². The van der Waals surface area contributed by atoms with Crippen molar-refractivity contribution in [2.75, 3.05) is 0 Å². The third-order valence-corrected chi connectivity index (χ3v) is 2.61. The Morgan fingerprint density at radius 3 is 2.29 bits per heavy atom. The highest BCUT2D eigenvalue weighted by Gasteiger charge is 2.12. The zero-order valence-electron chi connectivity index (χ0n) is 9.27. The Kier molecular flexibility index (Phi) is 2.43. The predicted molar refractivity (Wildman–Crippen MR) is 65.1 cm³/mol. The van der Waals surface area contributed by atoms with Gasteiger partial charge in [0.25, 0.3) is 0 Å². The molecular formula is C14H12N3+. The largest absolute Gasteiger partial charge is 0.168 e. The fourth-order valence-corrected chi connectivity index (χ4v) is 1.82. The first-order valence-electron chi connectivity index (χ1n) is 5.51. The van der Waals surface area contributed by atoms with Gasteiger partial charge in [-0.1, -0.05) is 36.4 Å². The van der Waals surface area contributed by atoms with Crippen LogP contribution in [0.4, 0.5) is 0 Å². The van der Waals surface area contributed by atoms with Crippen molar-refractivity contribution in [1.29, 1.82) is 0 Å². The quantitative estimate of drug-likeness (QED) is 0.609. The molecule has 3 rings (SSSR count). The lowest BCUT2D eigenvalue weighted by atomic mass is 10.2. The van der Waals surface area contributed by atoms with Crippen molar-refractivity contribution in [3.8, 4) is 11.3 Å². The number of rotatable bonds is 2. The molecule has 0 saturated carbocycles. The topological polar surface area (TPSA) is 21.7 Å². The highest BCUT2D eigenvalue weighted by molar-refractivity contribution is 5.58. The van der Waals surface area contributed by atoms with Crippen molar-refractivity contribution in [2.24, 2.45) is 0 Å². The van der Waals surface area contributed by atoms with Crippen molar-refractivity contribution in [2.45, 2.75) is 0 Å². The fourth-order valence-electron chi connectivity index (χ4n) is 1.82. The number of nitrogens with zero attached hydrogens (tertiary/aromatic N) is 3. The van der Waals surface area contributed by atoms with E-state index in [9.17, 15) is 0 Å². The first kappa shape index (κ1) is 9.78. The smallest absolute Gasteiger partial charge is 0.132 e. The molecule has 3 heteroatoms. The second-order valence-corrected chi connectivity index (χ2v) is 3.73. The molecule has 2 heterocycles. The molecule has 0 atom stereocenters. The van der Waals surface area contributed by atoms with Gasteiger partial charge in [0.15, 0.2) is 6.20 Å². The SMILES string of the molecule is c1ccc(-c2ccnn2-[n+]2ccccc2)cc1. The molecule has 0 spiro atoms. The van der Waals surface area contributed by atoms with Gasteiger partial charge in [-0.15, -0.1) is 4.68 Å². The Morgan fingerprint density at radius 2 is 1.53 bits per heavy atom. The second-order valence-electron chi connectivity index (χ2n) is 3.73. The summed E-state index contributed by atoms with van der Waals surface area (Å²) in [7, 11) is 0. The zero-order valence-corrected chi connectivity index (χ0v) is 9.27. The number of pyridine rings is 1.